The molecular formula is C16H14F3N3O4. The lowest BCUT2D eigenvalue weighted by Gasteiger charge is -2.35. The second-order valence-electron chi connectivity index (χ2n) is 5.75. The van der Waals surface area contributed by atoms with Crippen LogP contribution in [-0.2, 0) is 6.18 Å². The van der Waals surface area contributed by atoms with Gasteiger partial charge in [-0.25, -0.2) is 0 Å². The minimum Gasteiger partial charge on any atom is -0.472 e. The van der Waals surface area contributed by atoms with Gasteiger partial charge in [0.25, 0.3) is 11.6 Å². The number of alkyl halides is 3. The van der Waals surface area contributed by atoms with E-state index in [-0.39, 0.29) is 24.7 Å². The predicted octanol–water partition coefficient (Wildman–Crippen LogP) is 3.17. The van der Waals surface area contributed by atoms with Gasteiger partial charge >= 0.3 is 6.18 Å². The molecule has 138 valence electrons. The zero-order valence-electron chi connectivity index (χ0n) is 13.4. The van der Waals surface area contributed by atoms with Crippen LogP contribution in [0, 0.1) is 10.1 Å². The summed E-state index contributed by atoms with van der Waals surface area (Å²) in [5.41, 5.74) is -1.16. The number of carbonyl (C=O) groups excluding carboxylic acids is 1. The maximum atomic E-state index is 12.8. The second-order valence-corrected chi connectivity index (χ2v) is 5.75. The summed E-state index contributed by atoms with van der Waals surface area (Å²) in [5.74, 6) is -0.222. The van der Waals surface area contributed by atoms with Crippen molar-refractivity contribution in [1.82, 2.24) is 4.90 Å². The molecule has 26 heavy (non-hydrogen) atoms. The smallest absolute Gasteiger partial charge is 0.416 e. The summed E-state index contributed by atoms with van der Waals surface area (Å²) >= 11 is 0. The van der Waals surface area contributed by atoms with E-state index in [9.17, 15) is 28.1 Å². The maximum Gasteiger partial charge on any atom is 0.416 e. The zero-order chi connectivity index (χ0) is 18.9. The van der Waals surface area contributed by atoms with Gasteiger partial charge in [-0.3, -0.25) is 14.9 Å². The molecule has 1 aromatic heterocycles. The number of nitro groups is 1. The lowest BCUT2D eigenvalue weighted by molar-refractivity contribution is -0.384. The lowest BCUT2D eigenvalue weighted by Crippen LogP contribution is -2.48. The minimum atomic E-state index is -4.65. The third kappa shape index (κ3) is 3.48. The van der Waals surface area contributed by atoms with E-state index >= 15 is 0 Å². The van der Waals surface area contributed by atoms with Gasteiger partial charge in [0, 0.05) is 32.2 Å². The van der Waals surface area contributed by atoms with Crippen LogP contribution in [-0.4, -0.2) is 41.9 Å². The Hall–Kier alpha value is -3.04. The van der Waals surface area contributed by atoms with E-state index in [1.165, 1.54) is 18.6 Å². The maximum absolute atomic E-state index is 12.8. The number of benzene rings is 1. The van der Waals surface area contributed by atoms with Crippen LogP contribution in [0.2, 0.25) is 0 Å². The van der Waals surface area contributed by atoms with Gasteiger partial charge in [0.2, 0.25) is 0 Å². The van der Waals surface area contributed by atoms with Crippen molar-refractivity contribution >= 4 is 17.3 Å². The number of anilines is 1. The van der Waals surface area contributed by atoms with E-state index in [0.29, 0.717) is 24.7 Å². The van der Waals surface area contributed by atoms with Crippen LogP contribution in [0.3, 0.4) is 0 Å². The van der Waals surface area contributed by atoms with Crippen molar-refractivity contribution in [3.8, 4) is 0 Å². The Morgan fingerprint density at radius 3 is 2.38 bits per heavy atom. The monoisotopic (exact) mass is 369 g/mol. The number of amides is 1. The van der Waals surface area contributed by atoms with Crippen molar-refractivity contribution in [3.05, 3.63) is 58.0 Å². The zero-order valence-corrected chi connectivity index (χ0v) is 13.4. The number of rotatable bonds is 3. The molecule has 0 N–H and O–H groups in total. The first kappa shape index (κ1) is 17.8. The molecule has 0 bridgehead atoms. The molecule has 10 heteroatoms. The highest BCUT2D eigenvalue weighted by molar-refractivity contribution is 5.94. The fraction of sp³-hybridized carbons (Fsp3) is 0.312. The molecule has 0 radical (unpaired) electrons. The molecule has 0 atom stereocenters. The first-order chi connectivity index (χ1) is 12.3. The van der Waals surface area contributed by atoms with E-state index in [2.05, 4.69) is 0 Å². The largest absolute Gasteiger partial charge is 0.472 e. The van der Waals surface area contributed by atoms with E-state index in [1.54, 1.807) is 9.80 Å². The second kappa shape index (κ2) is 6.70. The summed E-state index contributed by atoms with van der Waals surface area (Å²) in [7, 11) is 0. The van der Waals surface area contributed by atoms with Gasteiger partial charge in [-0.1, -0.05) is 0 Å². The molecule has 0 aliphatic carbocycles. The first-order valence-electron chi connectivity index (χ1n) is 7.69. The van der Waals surface area contributed by atoms with Gasteiger partial charge in [-0.2, -0.15) is 13.2 Å². The summed E-state index contributed by atoms with van der Waals surface area (Å²) in [6, 6.07) is 4.01. The Balaban J connectivity index is 1.77. The summed E-state index contributed by atoms with van der Waals surface area (Å²) in [6.07, 6.45) is -1.94. The number of carbonyl (C=O) groups is 1. The molecule has 1 saturated heterocycles. The Morgan fingerprint density at radius 2 is 1.85 bits per heavy atom. The summed E-state index contributed by atoms with van der Waals surface area (Å²) in [4.78, 5) is 25.8. The topological polar surface area (TPSA) is 79.8 Å². The molecule has 0 spiro atoms. The number of halogens is 3. The average molecular weight is 369 g/mol. The third-order valence-electron chi connectivity index (χ3n) is 4.18. The van der Waals surface area contributed by atoms with Crippen molar-refractivity contribution < 1.29 is 27.3 Å². The van der Waals surface area contributed by atoms with Crippen LogP contribution in [0.1, 0.15) is 15.9 Å². The molecule has 1 aliphatic rings. The molecule has 2 aromatic rings. The highest BCUT2D eigenvalue weighted by Gasteiger charge is 2.34. The number of nitrogens with zero attached hydrogens (tertiary/aromatic N) is 3. The summed E-state index contributed by atoms with van der Waals surface area (Å²) in [6.45, 7) is 1.13. The average Bonchev–Trinajstić information content (AvgIpc) is 3.14. The lowest BCUT2D eigenvalue weighted by atomic mass is 10.1. The van der Waals surface area contributed by atoms with Gasteiger partial charge in [-0.15, -0.1) is 0 Å². The highest BCUT2D eigenvalue weighted by Crippen LogP contribution is 2.36. The summed E-state index contributed by atoms with van der Waals surface area (Å²) < 4.78 is 43.2. The van der Waals surface area contributed by atoms with E-state index in [1.807, 2.05) is 0 Å². The molecule has 7 nitrogen and oxygen atoms in total. The molecule has 3 rings (SSSR count). The SMILES string of the molecule is O=C(c1ccoc1)N1CCN(c2ccc(C(F)(F)F)cc2[N+](=O)[O-])CC1. The molecule has 1 fully saturated rings. The van der Waals surface area contributed by atoms with Gasteiger partial charge in [0.15, 0.2) is 0 Å². The third-order valence-corrected chi connectivity index (χ3v) is 4.18. The number of piperazine rings is 1. The van der Waals surface area contributed by atoms with Gasteiger partial charge < -0.3 is 14.2 Å². The van der Waals surface area contributed by atoms with Crippen LogP contribution in [0.25, 0.3) is 0 Å². The highest BCUT2D eigenvalue weighted by atomic mass is 19.4. The van der Waals surface area contributed by atoms with Crippen LogP contribution < -0.4 is 4.90 Å². The van der Waals surface area contributed by atoms with Crippen LogP contribution in [0.5, 0.6) is 0 Å². The van der Waals surface area contributed by atoms with Crippen LogP contribution in [0.15, 0.2) is 41.2 Å². The standard InChI is InChI=1S/C16H14F3N3O4/c17-16(18,19)12-1-2-13(14(9-12)22(24)25)20-4-6-21(7-5-20)15(23)11-3-8-26-10-11/h1-3,8-10H,4-7H2. The van der Waals surface area contributed by atoms with Gasteiger partial charge in [-0.05, 0) is 18.2 Å². The first-order valence-corrected chi connectivity index (χ1v) is 7.69. The van der Waals surface area contributed by atoms with Crippen LogP contribution in [0.4, 0.5) is 24.5 Å². The molecule has 1 amide bonds. The quantitative estimate of drug-likeness (QED) is 0.613. The van der Waals surface area contributed by atoms with Crippen molar-refractivity contribution in [3.63, 3.8) is 0 Å². The fourth-order valence-corrected chi connectivity index (χ4v) is 2.83. The van der Waals surface area contributed by atoms with Gasteiger partial charge in [0.1, 0.15) is 12.0 Å². The van der Waals surface area contributed by atoms with E-state index < -0.39 is 22.4 Å². The number of furan rings is 1. The van der Waals surface area contributed by atoms with Crippen LogP contribution >= 0.6 is 0 Å². The Labute approximate surface area is 145 Å². The van der Waals surface area contributed by atoms with E-state index in [0.717, 1.165) is 12.1 Å². The Bertz CT molecular complexity index is 813. The molecule has 1 aliphatic heterocycles. The molecular weight excluding hydrogens is 355 g/mol. The number of hydrogen-bond donors (Lipinski definition) is 0. The van der Waals surface area contributed by atoms with Gasteiger partial charge in [0.05, 0.1) is 22.3 Å². The number of nitro benzene ring substituents is 1. The molecule has 2 heterocycles. The Morgan fingerprint density at radius 1 is 1.15 bits per heavy atom. The summed E-state index contributed by atoms with van der Waals surface area (Å²) in [5, 5.41) is 11.2. The van der Waals surface area contributed by atoms with E-state index in [4.69, 9.17) is 4.42 Å². The normalized spacial score (nSPS) is 15.2. The fourth-order valence-electron chi connectivity index (χ4n) is 2.83. The van der Waals surface area contributed by atoms with Crippen molar-refractivity contribution in [2.24, 2.45) is 0 Å². The Kier molecular flexibility index (Phi) is 4.58. The number of hydrogen-bond acceptors (Lipinski definition) is 5. The molecule has 0 saturated carbocycles. The van der Waals surface area contributed by atoms with Crippen molar-refractivity contribution in [1.29, 1.82) is 0 Å². The molecule has 0 unspecified atom stereocenters. The van der Waals surface area contributed by atoms with Crippen molar-refractivity contribution in [2.75, 3.05) is 31.1 Å². The van der Waals surface area contributed by atoms with Crippen molar-refractivity contribution in [2.45, 2.75) is 6.18 Å². The minimum absolute atomic E-state index is 0.110. The predicted molar refractivity (Wildman–Crippen MR) is 84.9 cm³/mol. The molecule has 1 aromatic carbocycles.